The van der Waals surface area contributed by atoms with Crippen molar-refractivity contribution in [3.05, 3.63) is 66.3 Å². The van der Waals surface area contributed by atoms with Crippen LogP contribution in [0.4, 0.5) is 5.69 Å². The third-order valence-electron chi connectivity index (χ3n) is 3.04. The van der Waals surface area contributed by atoms with E-state index in [0.717, 1.165) is 0 Å². The standard InChI is InChI=1S/C13H13N3O3S/c1-2-10-9(12(17)15-13(20)14-10)7-8-5-3-4-6-11(8)16(18)19/h3-6H,2,7H2,1H3,(H2,14,15,17,20). The molecule has 2 aromatic rings. The highest BCUT2D eigenvalue weighted by molar-refractivity contribution is 7.71. The molecule has 0 fully saturated rings. The number of aromatic nitrogens is 2. The molecule has 1 heterocycles. The molecule has 0 spiro atoms. The second-order valence-corrected chi connectivity index (χ2v) is 4.69. The average molecular weight is 291 g/mol. The van der Waals surface area contributed by atoms with Crippen molar-refractivity contribution in [1.82, 2.24) is 9.97 Å². The number of hydrogen-bond donors (Lipinski definition) is 2. The molecule has 0 bridgehead atoms. The molecule has 0 aliphatic carbocycles. The van der Waals surface area contributed by atoms with E-state index < -0.39 is 4.92 Å². The molecule has 0 saturated heterocycles. The Morgan fingerprint density at radius 3 is 2.65 bits per heavy atom. The molecule has 2 N–H and O–H groups in total. The fourth-order valence-electron chi connectivity index (χ4n) is 2.08. The lowest BCUT2D eigenvalue weighted by molar-refractivity contribution is -0.385. The monoisotopic (exact) mass is 291 g/mol. The summed E-state index contributed by atoms with van der Waals surface area (Å²) in [4.78, 5) is 28.0. The third-order valence-corrected chi connectivity index (χ3v) is 3.24. The molecule has 104 valence electrons. The van der Waals surface area contributed by atoms with Crippen molar-refractivity contribution in [3.63, 3.8) is 0 Å². The van der Waals surface area contributed by atoms with Crippen molar-refractivity contribution >= 4 is 17.9 Å². The minimum Gasteiger partial charge on any atom is -0.336 e. The number of H-pyrrole nitrogens is 2. The second-order valence-electron chi connectivity index (χ2n) is 4.28. The topological polar surface area (TPSA) is 91.8 Å². The minimum absolute atomic E-state index is 0.0106. The van der Waals surface area contributed by atoms with Gasteiger partial charge < -0.3 is 4.98 Å². The van der Waals surface area contributed by atoms with Crippen molar-refractivity contribution in [2.45, 2.75) is 19.8 Å². The lowest BCUT2D eigenvalue weighted by atomic mass is 10.0. The van der Waals surface area contributed by atoms with Crippen LogP contribution in [0.1, 0.15) is 23.7 Å². The Bertz CT molecular complexity index is 764. The summed E-state index contributed by atoms with van der Waals surface area (Å²) < 4.78 is 0.262. The number of nitro groups is 1. The van der Waals surface area contributed by atoms with Crippen molar-refractivity contribution < 1.29 is 4.92 Å². The first-order valence-corrected chi connectivity index (χ1v) is 6.50. The van der Waals surface area contributed by atoms with Crippen LogP contribution in [0.2, 0.25) is 0 Å². The Kier molecular flexibility index (Phi) is 4.09. The molecular formula is C13H13N3O3S. The largest absolute Gasteiger partial charge is 0.336 e. The smallest absolute Gasteiger partial charge is 0.272 e. The second kappa shape index (κ2) is 5.79. The van der Waals surface area contributed by atoms with Crippen LogP contribution in [0, 0.1) is 14.9 Å². The van der Waals surface area contributed by atoms with E-state index in [1.807, 2.05) is 6.92 Å². The van der Waals surface area contributed by atoms with Gasteiger partial charge in [-0.2, -0.15) is 0 Å². The van der Waals surface area contributed by atoms with E-state index in [2.05, 4.69) is 9.97 Å². The summed E-state index contributed by atoms with van der Waals surface area (Å²) in [7, 11) is 0. The Hall–Kier alpha value is -2.28. The maximum absolute atomic E-state index is 12.0. The molecular weight excluding hydrogens is 278 g/mol. The molecule has 20 heavy (non-hydrogen) atoms. The predicted molar refractivity (Wildman–Crippen MR) is 77.5 cm³/mol. The SMILES string of the molecule is CCc1[nH]c(=S)[nH]c(=O)c1Cc1ccccc1[N+](=O)[O-]. The quantitative estimate of drug-likeness (QED) is 0.514. The zero-order chi connectivity index (χ0) is 14.7. The van der Waals surface area contributed by atoms with E-state index in [-0.39, 0.29) is 22.4 Å². The van der Waals surface area contributed by atoms with Crippen LogP contribution >= 0.6 is 12.2 Å². The fraction of sp³-hybridized carbons (Fsp3) is 0.231. The van der Waals surface area contributed by atoms with Gasteiger partial charge in [-0.25, -0.2) is 0 Å². The summed E-state index contributed by atoms with van der Waals surface area (Å²) in [6.45, 7) is 1.89. The van der Waals surface area contributed by atoms with E-state index in [9.17, 15) is 14.9 Å². The van der Waals surface area contributed by atoms with Gasteiger partial charge in [0, 0.05) is 29.3 Å². The van der Waals surface area contributed by atoms with Crippen LogP contribution in [-0.4, -0.2) is 14.9 Å². The molecule has 0 saturated carbocycles. The van der Waals surface area contributed by atoms with Crippen molar-refractivity contribution in [2.75, 3.05) is 0 Å². The van der Waals surface area contributed by atoms with Crippen LogP contribution in [0.15, 0.2) is 29.1 Å². The Morgan fingerprint density at radius 1 is 1.30 bits per heavy atom. The maximum Gasteiger partial charge on any atom is 0.272 e. The molecule has 7 heteroatoms. The molecule has 2 rings (SSSR count). The number of nitro benzene ring substituents is 1. The van der Waals surface area contributed by atoms with Crippen LogP contribution < -0.4 is 5.56 Å². The van der Waals surface area contributed by atoms with Gasteiger partial charge in [-0.3, -0.25) is 19.9 Å². The Morgan fingerprint density at radius 2 is 2.00 bits per heavy atom. The Labute approximate surface area is 119 Å². The maximum atomic E-state index is 12.0. The van der Waals surface area contributed by atoms with Gasteiger partial charge in [-0.1, -0.05) is 25.1 Å². The van der Waals surface area contributed by atoms with Crippen molar-refractivity contribution in [3.8, 4) is 0 Å². The molecule has 0 amide bonds. The van der Waals surface area contributed by atoms with Gasteiger partial charge in [0.1, 0.15) is 0 Å². The van der Waals surface area contributed by atoms with Gasteiger partial charge in [0.2, 0.25) is 0 Å². The zero-order valence-electron chi connectivity index (χ0n) is 10.8. The number of benzene rings is 1. The van der Waals surface area contributed by atoms with Crippen LogP contribution in [0.3, 0.4) is 0 Å². The first kappa shape index (κ1) is 14.1. The van der Waals surface area contributed by atoms with E-state index in [1.165, 1.54) is 6.07 Å². The molecule has 1 aromatic carbocycles. The number of aromatic amines is 2. The molecule has 0 atom stereocenters. The summed E-state index contributed by atoms with van der Waals surface area (Å²) >= 11 is 4.93. The summed E-state index contributed by atoms with van der Waals surface area (Å²) in [6.07, 6.45) is 0.797. The van der Waals surface area contributed by atoms with Gasteiger partial charge in [-0.15, -0.1) is 0 Å². The van der Waals surface area contributed by atoms with E-state index in [1.54, 1.807) is 18.2 Å². The molecule has 0 unspecified atom stereocenters. The van der Waals surface area contributed by atoms with Gasteiger partial charge in [0.15, 0.2) is 4.77 Å². The Balaban J connectivity index is 2.53. The average Bonchev–Trinajstić information content (AvgIpc) is 2.41. The fourth-order valence-corrected chi connectivity index (χ4v) is 2.29. The highest BCUT2D eigenvalue weighted by Gasteiger charge is 2.16. The van der Waals surface area contributed by atoms with Crippen molar-refractivity contribution in [2.24, 2.45) is 0 Å². The molecule has 1 aromatic heterocycles. The number of aryl methyl sites for hydroxylation is 1. The number of hydrogen-bond acceptors (Lipinski definition) is 4. The van der Waals surface area contributed by atoms with Gasteiger partial charge >= 0.3 is 0 Å². The summed E-state index contributed by atoms with van der Waals surface area (Å²) in [5.41, 5.74) is 1.40. The number of nitrogens with one attached hydrogen (secondary N) is 2. The first-order chi connectivity index (χ1) is 9.52. The van der Waals surface area contributed by atoms with Crippen LogP contribution in [-0.2, 0) is 12.8 Å². The lowest BCUT2D eigenvalue weighted by Crippen LogP contribution is -2.18. The third kappa shape index (κ3) is 2.83. The predicted octanol–water partition coefficient (Wildman–Crippen LogP) is 2.49. The minimum atomic E-state index is -0.444. The van der Waals surface area contributed by atoms with E-state index in [0.29, 0.717) is 23.2 Å². The number of para-hydroxylation sites is 1. The van der Waals surface area contributed by atoms with Gasteiger partial charge in [0.05, 0.1) is 4.92 Å². The first-order valence-electron chi connectivity index (χ1n) is 6.09. The zero-order valence-corrected chi connectivity index (χ0v) is 11.6. The molecule has 0 aliphatic heterocycles. The molecule has 0 aliphatic rings. The van der Waals surface area contributed by atoms with Crippen molar-refractivity contribution in [1.29, 1.82) is 0 Å². The van der Waals surface area contributed by atoms with E-state index in [4.69, 9.17) is 12.2 Å². The number of nitrogens with zero attached hydrogens (tertiary/aromatic N) is 1. The van der Waals surface area contributed by atoms with Gasteiger partial charge in [0.25, 0.3) is 11.2 Å². The summed E-state index contributed by atoms with van der Waals surface area (Å²) in [5.74, 6) is 0. The van der Waals surface area contributed by atoms with Crippen LogP contribution in [0.5, 0.6) is 0 Å². The highest BCUT2D eigenvalue weighted by atomic mass is 32.1. The summed E-state index contributed by atoms with van der Waals surface area (Å²) in [5, 5.41) is 11.0. The highest BCUT2D eigenvalue weighted by Crippen LogP contribution is 2.20. The normalized spacial score (nSPS) is 10.4. The number of rotatable bonds is 4. The molecule has 0 radical (unpaired) electrons. The van der Waals surface area contributed by atoms with Gasteiger partial charge in [-0.05, 0) is 18.6 Å². The van der Waals surface area contributed by atoms with Crippen LogP contribution in [0.25, 0.3) is 0 Å². The summed E-state index contributed by atoms with van der Waals surface area (Å²) in [6, 6.07) is 6.40. The lowest BCUT2D eigenvalue weighted by Gasteiger charge is -2.07. The molecule has 6 nitrogen and oxygen atoms in total. The van der Waals surface area contributed by atoms with E-state index >= 15 is 0 Å².